The van der Waals surface area contributed by atoms with Crippen LogP contribution in [0.1, 0.15) is 24.2 Å². The van der Waals surface area contributed by atoms with Gasteiger partial charge in [0.2, 0.25) is 0 Å². The van der Waals surface area contributed by atoms with Gasteiger partial charge in [0.25, 0.3) is 0 Å². The molecular weight excluding hydrogens is 250 g/mol. The topological polar surface area (TPSA) is 45.7 Å². The minimum atomic E-state index is -0.0909. The van der Waals surface area contributed by atoms with Crippen molar-refractivity contribution in [2.75, 3.05) is 0 Å². The number of hydrogen-bond acceptors (Lipinski definition) is 3. The summed E-state index contributed by atoms with van der Waals surface area (Å²) in [6, 6.07) is 5.46. The zero-order valence-corrected chi connectivity index (χ0v) is 10.4. The van der Waals surface area contributed by atoms with Crippen LogP contribution < -0.4 is 0 Å². The van der Waals surface area contributed by atoms with Crippen LogP contribution in [-0.4, -0.2) is 11.3 Å². The molecule has 0 saturated carbocycles. The minimum absolute atomic E-state index is 0.0909. The molecular formula is C14H12ClNO2. The molecule has 1 aliphatic rings. The Balaban J connectivity index is 2.16. The lowest BCUT2D eigenvalue weighted by Crippen LogP contribution is -1.86. The van der Waals surface area contributed by atoms with Crippen molar-refractivity contribution in [3.05, 3.63) is 40.6 Å². The number of aliphatic hydroxyl groups excluding tert-OH is 1. The first-order valence-corrected chi connectivity index (χ1v) is 6.21. The predicted octanol–water partition coefficient (Wildman–Crippen LogP) is 3.78. The summed E-state index contributed by atoms with van der Waals surface area (Å²) in [5.41, 5.74) is 2.22. The molecule has 0 aliphatic carbocycles. The fourth-order valence-corrected chi connectivity index (χ4v) is 2.35. The van der Waals surface area contributed by atoms with Crippen LogP contribution in [0.4, 0.5) is 0 Å². The molecule has 0 saturated heterocycles. The highest BCUT2D eigenvalue weighted by atomic mass is 35.5. The summed E-state index contributed by atoms with van der Waals surface area (Å²) < 4.78 is 5.78. The van der Waals surface area contributed by atoms with Crippen LogP contribution in [0.3, 0.4) is 0 Å². The molecule has 0 bridgehead atoms. The average molecular weight is 262 g/mol. The highest BCUT2D eigenvalue weighted by Gasteiger charge is 2.12. The average Bonchev–Trinajstić information content (AvgIpc) is 2.82. The number of aliphatic imine (C=N–C) groups is 1. The minimum Gasteiger partial charge on any atom is -0.454 e. The normalized spacial score (nSPS) is 15.1. The molecule has 92 valence electrons. The number of rotatable bonds is 2. The summed E-state index contributed by atoms with van der Waals surface area (Å²) in [4.78, 5) is 4.32. The summed E-state index contributed by atoms with van der Waals surface area (Å²) in [6.45, 7) is -0.0909. The Morgan fingerprint density at radius 3 is 2.89 bits per heavy atom. The molecule has 3 rings (SSSR count). The zero-order valence-electron chi connectivity index (χ0n) is 9.69. The second-order valence-corrected chi connectivity index (χ2v) is 4.67. The molecule has 0 atom stereocenters. The number of fused-ring (bicyclic) bond motifs is 1. The van der Waals surface area contributed by atoms with E-state index >= 15 is 0 Å². The van der Waals surface area contributed by atoms with Crippen molar-refractivity contribution in [2.45, 2.75) is 19.4 Å². The maximum Gasteiger partial charge on any atom is 0.153 e. The fourth-order valence-electron chi connectivity index (χ4n) is 2.10. The highest BCUT2D eigenvalue weighted by molar-refractivity contribution is 6.31. The van der Waals surface area contributed by atoms with Crippen LogP contribution in [0.15, 0.2) is 33.7 Å². The second kappa shape index (κ2) is 4.59. The second-order valence-electron chi connectivity index (χ2n) is 4.23. The summed E-state index contributed by atoms with van der Waals surface area (Å²) in [6.07, 6.45) is 5.89. The Kier molecular flexibility index (Phi) is 2.94. The van der Waals surface area contributed by atoms with Crippen LogP contribution >= 0.6 is 11.6 Å². The van der Waals surface area contributed by atoms with E-state index in [0.717, 1.165) is 29.7 Å². The molecule has 0 amide bonds. The molecule has 0 fully saturated rings. The third-order valence-electron chi connectivity index (χ3n) is 2.94. The maximum atomic E-state index is 9.32. The van der Waals surface area contributed by atoms with Crippen molar-refractivity contribution in [1.82, 2.24) is 0 Å². The first kappa shape index (κ1) is 11.5. The predicted molar refractivity (Wildman–Crippen MR) is 72.8 cm³/mol. The van der Waals surface area contributed by atoms with E-state index in [4.69, 9.17) is 16.0 Å². The molecule has 2 aromatic rings. The first-order chi connectivity index (χ1) is 8.78. The van der Waals surface area contributed by atoms with Gasteiger partial charge in [0.1, 0.15) is 11.3 Å². The molecule has 0 unspecified atom stereocenters. The first-order valence-electron chi connectivity index (χ1n) is 5.84. The lowest BCUT2D eigenvalue weighted by molar-refractivity contribution is 0.281. The van der Waals surface area contributed by atoms with Gasteiger partial charge in [-0.15, -0.1) is 0 Å². The fraction of sp³-hybridized carbons (Fsp3) is 0.214. The van der Waals surface area contributed by atoms with E-state index in [9.17, 15) is 5.11 Å². The monoisotopic (exact) mass is 261 g/mol. The molecule has 3 nitrogen and oxygen atoms in total. The van der Waals surface area contributed by atoms with Crippen LogP contribution in [0, 0.1) is 0 Å². The lowest BCUT2D eigenvalue weighted by atomic mass is 10.1. The van der Waals surface area contributed by atoms with E-state index in [-0.39, 0.29) is 6.61 Å². The van der Waals surface area contributed by atoms with Crippen molar-refractivity contribution < 1.29 is 9.52 Å². The van der Waals surface area contributed by atoms with Gasteiger partial charge in [-0.1, -0.05) is 17.7 Å². The van der Waals surface area contributed by atoms with Gasteiger partial charge in [0, 0.05) is 22.2 Å². The molecule has 1 N–H and O–H groups in total. The number of furan rings is 1. The Bertz CT molecular complexity index is 655. The molecule has 0 radical (unpaired) electrons. The van der Waals surface area contributed by atoms with Gasteiger partial charge < -0.3 is 9.52 Å². The SMILES string of the molecule is OCc1cc(Cl)cc2cc(C3=CCCC=N3)oc12. The van der Waals surface area contributed by atoms with Gasteiger partial charge in [-0.2, -0.15) is 0 Å². The molecule has 1 aliphatic heterocycles. The van der Waals surface area contributed by atoms with E-state index in [2.05, 4.69) is 11.1 Å². The third kappa shape index (κ3) is 1.96. The van der Waals surface area contributed by atoms with E-state index in [1.807, 2.05) is 18.3 Å². The Morgan fingerprint density at radius 1 is 1.28 bits per heavy atom. The molecule has 1 aromatic carbocycles. The van der Waals surface area contributed by atoms with E-state index in [1.54, 1.807) is 6.07 Å². The van der Waals surface area contributed by atoms with Crippen LogP contribution in [-0.2, 0) is 6.61 Å². The molecule has 4 heteroatoms. The van der Waals surface area contributed by atoms with Crippen molar-refractivity contribution in [2.24, 2.45) is 4.99 Å². The van der Waals surface area contributed by atoms with Gasteiger partial charge in [0.05, 0.1) is 6.61 Å². The van der Waals surface area contributed by atoms with Gasteiger partial charge in [0.15, 0.2) is 5.76 Å². The zero-order chi connectivity index (χ0) is 12.5. The van der Waals surface area contributed by atoms with Gasteiger partial charge in [-0.25, -0.2) is 0 Å². The summed E-state index contributed by atoms with van der Waals surface area (Å²) in [7, 11) is 0. The standard InChI is InChI=1S/C14H12ClNO2/c15-11-5-9-7-13(12-3-1-2-4-16-12)18-14(9)10(6-11)8-17/h3-7,17H,1-2,8H2. The van der Waals surface area contributed by atoms with E-state index < -0.39 is 0 Å². The number of allylic oxidation sites excluding steroid dienone is 1. The van der Waals surface area contributed by atoms with Crippen molar-refractivity contribution >= 4 is 34.5 Å². The number of halogens is 1. The molecule has 0 spiro atoms. The van der Waals surface area contributed by atoms with Crippen LogP contribution in [0.2, 0.25) is 5.02 Å². The smallest absolute Gasteiger partial charge is 0.153 e. The van der Waals surface area contributed by atoms with Gasteiger partial charge >= 0.3 is 0 Å². The number of nitrogens with zero attached hydrogens (tertiary/aromatic N) is 1. The Morgan fingerprint density at radius 2 is 2.17 bits per heavy atom. The summed E-state index contributed by atoms with van der Waals surface area (Å²) in [5, 5.41) is 10.8. The number of aliphatic hydroxyl groups is 1. The summed E-state index contributed by atoms with van der Waals surface area (Å²) in [5.74, 6) is 0.720. The largest absolute Gasteiger partial charge is 0.454 e. The van der Waals surface area contributed by atoms with Crippen molar-refractivity contribution in [3.63, 3.8) is 0 Å². The van der Waals surface area contributed by atoms with Crippen molar-refractivity contribution in [3.8, 4) is 0 Å². The van der Waals surface area contributed by atoms with Crippen LogP contribution in [0.25, 0.3) is 16.7 Å². The van der Waals surface area contributed by atoms with Gasteiger partial charge in [-0.3, -0.25) is 4.99 Å². The maximum absolute atomic E-state index is 9.32. The van der Waals surface area contributed by atoms with E-state index in [0.29, 0.717) is 16.2 Å². The quantitative estimate of drug-likeness (QED) is 0.894. The Hall–Kier alpha value is -1.58. The molecule has 2 heterocycles. The lowest BCUT2D eigenvalue weighted by Gasteiger charge is -2.02. The Labute approximate surface area is 109 Å². The highest BCUT2D eigenvalue weighted by Crippen LogP contribution is 2.31. The summed E-state index contributed by atoms with van der Waals surface area (Å²) >= 11 is 6.00. The van der Waals surface area contributed by atoms with Crippen molar-refractivity contribution in [1.29, 1.82) is 0 Å². The van der Waals surface area contributed by atoms with Crippen LogP contribution in [0.5, 0.6) is 0 Å². The third-order valence-corrected chi connectivity index (χ3v) is 3.16. The molecule has 18 heavy (non-hydrogen) atoms. The van der Waals surface area contributed by atoms with E-state index in [1.165, 1.54) is 0 Å². The number of benzene rings is 1. The van der Waals surface area contributed by atoms with Gasteiger partial charge in [-0.05, 0) is 31.0 Å². The number of hydrogen-bond donors (Lipinski definition) is 1. The molecule has 1 aromatic heterocycles.